The van der Waals surface area contributed by atoms with Crippen LogP contribution in [-0.4, -0.2) is 27.0 Å². The molecule has 0 amide bonds. The molecule has 0 saturated carbocycles. The van der Waals surface area contributed by atoms with E-state index in [9.17, 15) is 0 Å². The van der Waals surface area contributed by atoms with Crippen molar-refractivity contribution in [3.8, 4) is 5.75 Å². The first kappa shape index (κ1) is 18.1. The summed E-state index contributed by atoms with van der Waals surface area (Å²) in [5.74, 6) is 1.83. The fourth-order valence-electron chi connectivity index (χ4n) is 3.10. The molecule has 0 bridgehead atoms. The van der Waals surface area contributed by atoms with Crippen LogP contribution >= 0.6 is 23.4 Å². The predicted molar refractivity (Wildman–Crippen MR) is 112 cm³/mol. The molecule has 2 heterocycles. The van der Waals surface area contributed by atoms with E-state index in [-0.39, 0.29) is 0 Å². The van der Waals surface area contributed by atoms with Crippen molar-refractivity contribution in [2.24, 2.45) is 0 Å². The number of aromatic nitrogens is 3. The van der Waals surface area contributed by atoms with Gasteiger partial charge in [0.05, 0.1) is 12.1 Å². The molecule has 4 rings (SSSR count). The second-order valence-electron chi connectivity index (χ2n) is 6.53. The van der Waals surface area contributed by atoms with Crippen molar-refractivity contribution in [1.82, 2.24) is 14.6 Å². The first-order valence-electron chi connectivity index (χ1n) is 8.88. The molecule has 2 aromatic carbocycles. The average Bonchev–Trinajstić information content (AvgIpc) is 3.04. The van der Waals surface area contributed by atoms with Gasteiger partial charge in [-0.1, -0.05) is 35.5 Å². The lowest BCUT2D eigenvalue weighted by atomic mass is 10.1. The van der Waals surface area contributed by atoms with Crippen molar-refractivity contribution >= 4 is 39.9 Å². The third-order valence-electron chi connectivity index (χ3n) is 4.41. The molecule has 0 fully saturated rings. The highest BCUT2D eigenvalue weighted by atomic mass is 35.5. The molecule has 0 aliphatic rings. The number of halogens is 1. The van der Waals surface area contributed by atoms with Crippen molar-refractivity contribution in [2.75, 3.05) is 12.4 Å². The van der Waals surface area contributed by atoms with Gasteiger partial charge in [-0.25, -0.2) is 0 Å². The standard InChI is InChI=1S/C21H20ClN3OS/c1-14-5-3-6-17(11-14)26-9-4-10-27-21-24-23-20-12-15(2)18-13-16(22)7-8-19(18)25(20)21/h3,5-8,11-13H,4,9-10H2,1-2H3. The Labute approximate surface area is 167 Å². The summed E-state index contributed by atoms with van der Waals surface area (Å²) in [5, 5.41) is 11.5. The molecule has 0 N–H and O–H groups in total. The van der Waals surface area contributed by atoms with E-state index < -0.39 is 0 Å². The zero-order valence-electron chi connectivity index (χ0n) is 15.3. The molecular formula is C21H20ClN3OS. The number of thioether (sulfide) groups is 1. The molecule has 4 nitrogen and oxygen atoms in total. The minimum Gasteiger partial charge on any atom is -0.494 e. The van der Waals surface area contributed by atoms with E-state index >= 15 is 0 Å². The van der Waals surface area contributed by atoms with E-state index in [1.807, 2.05) is 30.3 Å². The Bertz CT molecular complexity index is 1110. The molecule has 0 unspecified atom stereocenters. The van der Waals surface area contributed by atoms with Gasteiger partial charge in [0.1, 0.15) is 5.75 Å². The van der Waals surface area contributed by atoms with Crippen LogP contribution in [0.15, 0.2) is 53.7 Å². The predicted octanol–water partition coefficient (Wildman–Crippen LogP) is 5.71. The summed E-state index contributed by atoms with van der Waals surface area (Å²) in [6.45, 7) is 4.82. The van der Waals surface area contributed by atoms with E-state index in [2.05, 4.69) is 46.6 Å². The molecule has 4 aromatic rings. The molecule has 0 radical (unpaired) electrons. The molecule has 0 atom stereocenters. The first-order valence-corrected chi connectivity index (χ1v) is 10.2. The van der Waals surface area contributed by atoms with Crippen molar-refractivity contribution in [2.45, 2.75) is 25.4 Å². The van der Waals surface area contributed by atoms with E-state index in [4.69, 9.17) is 16.3 Å². The first-order chi connectivity index (χ1) is 13.1. The topological polar surface area (TPSA) is 39.4 Å². The van der Waals surface area contributed by atoms with Crippen LogP contribution in [0.25, 0.3) is 16.6 Å². The van der Waals surface area contributed by atoms with Gasteiger partial charge in [-0.2, -0.15) is 0 Å². The van der Waals surface area contributed by atoms with Crippen LogP contribution in [0.4, 0.5) is 0 Å². The quantitative estimate of drug-likeness (QED) is 0.308. The Morgan fingerprint density at radius 3 is 2.81 bits per heavy atom. The summed E-state index contributed by atoms with van der Waals surface area (Å²) < 4.78 is 7.92. The van der Waals surface area contributed by atoms with Gasteiger partial charge in [0, 0.05) is 16.2 Å². The van der Waals surface area contributed by atoms with Crippen molar-refractivity contribution < 1.29 is 4.74 Å². The molecule has 0 spiro atoms. The number of ether oxygens (including phenoxy) is 1. The molecule has 6 heteroatoms. The fourth-order valence-corrected chi connectivity index (χ4v) is 4.14. The molecule has 27 heavy (non-hydrogen) atoms. The second kappa shape index (κ2) is 7.79. The Kier molecular flexibility index (Phi) is 5.23. The highest BCUT2D eigenvalue weighted by Gasteiger charge is 2.11. The summed E-state index contributed by atoms with van der Waals surface area (Å²) in [4.78, 5) is 0. The summed E-state index contributed by atoms with van der Waals surface area (Å²) in [6, 6.07) is 16.1. The van der Waals surface area contributed by atoms with Gasteiger partial charge in [0.25, 0.3) is 0 Å². The molecule has 0 aliphatic heterocycles. The highest BCUT2D eigenvalue weighted by molar-refractivity contribution is 7.99. The number of nitrogens with zero attached hydrogens (tertiary/aromatic N) is 3. The molecule has 0 aliphatic carbocycles. The minimum absolute atomic E-state index is 0.683. The second-order valence-corrected chi connectivity index (χ2v) is 8.03. The molecule has 0 saturated heterocycles. The number of benzene rings is 2. The van der Waals surface area contributed by atoms with Crippen LogP contribution in [-0.2, 0) is 0 Å². The van der Waals surface area contributed by atoms with Gasteiger partial charge in [-0.3, -0.25) is 4.40 Å². The van der Waals surface area contributed by atoms with E-state index in [1.165, 1.54) is 5.56 Å². The lowest BCUT2D eigenvalue weighted by Gasteiger charge is -2.08. The van der Waals surface area contributed by atoms with Crippen LogP contribution in [0.2, 0.25) is 5.02 Å². The summed E-state index contributed by atoms with van der Waals surface area (Å²) in [6.07, 6.45) is 0.934. The normalized spacial score (nSPS) is 11.4. The Hall–Kier alpha value is -2.24. The number of pyridine rings is 1. The van der Waals surface area contributed by atoms with Crippen molar-refractivity contribution in [1.29, 1.82) is 0 Å². The van der Waals surface area contributed by atoms with Crippen LogP contribution < -0.4 is 4.74 Å². The lowest BCUT2D eigenvalue weighted by Crippen LogP contribution is -1.99. The minimum atomic E-state index is 0.683. The monoisotopic (exact) mass is 397 g/mol. The van der Waals surface area contributed by atoms with Gasteiger partial charge in [-0.05, 0) is 67.8 Å². The van der Waals surface area contributed by atoms with Crippen LogP contribution in [0, 0.1) is 13.8 Å². The molecule has 2 aromatic heterocycles. The number of rotatable bonds is 6. The van der Waals surface area contributed by atoms with Gasteiger partial charge in [0.2, 0.25) is 0 Å². The summed E-state index contributed by atoms with van der Waals surface area (Å²) in [5.41, 5.74) is 4.30. The van der Waals surface area contributed by atoms with Crippen LogP contribution in [0.1, 0.15) is 17.5 Å². The van der Waals surface area contributed by atoms with Crippen molar-refractivity contribution in [3.63, 3.8) is 0 Å². The van der Waals surface area contributed by atoms with Gasteiger partial charge in [-0.15, -0.1) is 10.2 Å². The third kappa shape index (κ3) is 3.89. The third-order valence-corrected chi connectivity index (χ3v) is 5.66. The maximum absolute atomic E-state index is 6.17. The molecular weight excluding hydrogens is 378 g/mol. The summed E-state index contributed by atoms with van der Waals surface area (Å²) >= 11 is 7.87. The summed E-state index contributed by atoms with van der Waals surface area (Å²) in [7, 11) is 0. The van der Waals surface area contributed by atoms with E-state index in [0.717, 1.165) is 50.2 Å². The zero-order valence-corrected chi connectivity index (χ0v) is 16.8. The van der Waals surface area contributed by atoms with Crippen LogP contribution in [0.5, 0.6) is 5.75 Å². The Balaban J connectivity index is 1.46. The van der Waals surface area contributed by atoms with E-state index in [0.29, 0.717) is 6.61 Å². The Morgan fingerprint density at radius 1 is 1.07 bits per heavy atom. The van der Waals surface area contributed by atoms with Crippen LogP contribution in [0.3, 0.4) is 0 Å². The van der Waals surface area contributed by atoms with Gasteiger partial charge < -0.3 is 4.74 Å². The lowest BCUT2D eigenvalue weighted by molar-refractivity contribution is 0.318. The number of fused-ring (bicyclic) bond motifs is 3. The maximum Gasteiger partial charge on any atom is 0.196 e. The van der Waals surface area contributed by atoms with Gasteiger partial charge >= 0.3 is 0 Å². The van der Waals surface area contributed by atoms with Gasteiger partial charge in [0.15, 0.2) is 10.8 Å². The fraction of sp³-hybridized carbons (Fsp3) is 0.238. The Morgan fingerprint density at radius 2 is 1.96 bits per heavy atom. The average molecular weight is 398 g/mol. The number of hydrogen-bond donors (Lipinski definition) is 0. The van der Waals surface area contributed by atoms with Crippen molar-refractivity contribution in [3.05, 3.63) is 64.7 Å². The molecule has 138 valence electrons. The SMILES string of the molecule is Cc1cccc(OCCCSc2nnc3cc(C)c4cc(Cl)ccc4n23)c1. The highest BCUT2D eigenvalue weighted by Crippen LogP contribution is 2.28. The number of aryl methyl sites for hydroxylation is 2. The maximum atomic E-state index is 6.17. The smallest absolute Gasteiger partial charge is 0.196 e. The number of hydrogen-bond acceptors (Lipinski definition) is 4. The largest absolute Gasteiger partial charge is 0.494 e. The zero-order chi connectivity index (χ0) is 18.8. The van der Waals surface area contributed by atoms with E-state index in [1.54, 1.807) is 11.8 Å².